The van der Waals surface area contributed by atoms with Crippen LogP contribution in [0.25, 0.3) is 11.0 Å². The van der Waals surface area contributed by atoms with Crippen LogP contribution in [0.1, 0.15) is 51.4 Å². The van der Waals surface area contributed by atoms with E-state index in [9.17, 15) is 19.5 Å². The number of rotatable bonds is 8. The van der Waals surface area contributed by atoms with Gasteiger partial charge in [-0.1, -0.05) is 41.7 Å². The number of aryl methyl sites for hydroxylation is 1. The van der Waals surface area contributed by atoms with Gasteiger partial charge in [0, 0.05) is 5.39 Å². The third kappa shape index (κ3) is 4.32. The van der Waals surface area contributed by atoms with Crippen LogP contribution in [0.4, 0.5) is 5.13 Å². The number of hydrogen-bond donors (Lipinski definition) is 1. The Bertz CT molecular complexity index is 1550. The molecule has 1 amide bonds. The molecule has 38 heavy (non-hydrogen) atoms. The SMILES string of the molecule is CCOC(=O)c1sc(N2C(=O)C(O)=C(C(=O)c3cc4ccccc4o3)C2c2ccc(OCC)cc2)nc1C. The molecule has 2 aromatic carbocycles. The number of amides is 1. The summed E-state index contributed by atoms with van der Waals surface area (Å²) in [4.78, 5) is 45.5. The normalized spacial score (nSPS) is 15.4. The minimum Gasteiger partial charge on any atom is -0.503 e. The molecule has 0 saturated heterocycles. The van der Waals surface area contributed by atoms with Gasteiger partial charge in [0.1, 0.15) is 16.2 Å². The van der Waals surface area contributed by atoms with E-state index in [1.807, 2.05) is 13.0 Å². The molecule has 2 aromatic heterocycles. The second-order valence-corrected chi connectivity index (χ2v) is 9.43. The Balaban J connectivity index is 1.62. The van der Waals surface area contributed by atoms with Crippen molar-refractivity contribution in [2.24, 2.45) is 0 Å². The fraction of sp³-hybridized carbons (Fsp3) is 0.214. The fourth-order valence-corrected chi connectivity index (χ4v) is 5.35. The van der Waals surface area contributed by atoms with Crippen LogP contribution in [-0.2, 0) is 9.53 Å². The number of aliphatic hydroxyl groups is 1. The van der Waals surface area contributed by atoms with Gasteiger partial charge < -0.3 is 19.0 Å². The monoisotopic (exact) mass is 532 g/mol. The first-order chi connectivity index (χ1) is 18.3. The van der Waals surface area contributed by atoms with Gasteiger partial charge >= 0.3 is 5.97 Å². The topological polar surface area (TPSA) is 119 Å². The Morgan fingerprint density at radius 2 is 1.84 bits per heavy atom. The van der Waals surface area contributed by atoms with Crippen molar-refractivity contribution < 1.29 is 33.4 Å². The Labute approximate surface area is 221 Å². The molecule has 0 aliphatic carbocycles. The summed E-state index contributed by atoms with van der Waals surface area (Å²) in [6.07, 6.45) is 0. The van der Waals surface area contributed by atoms with E-state index in [-0.39, 0.29) is 27.9 Å². The van der Waals surface area contributed by atoms with Crippen LogP contribution in [0.2, 0.25) is 0 Å². The van der Waals surface area contributed by atoms with Crippen molar-refractivity contribution in [3.63, 3.8) is 0 Å². The Morgan fingerprint density at radius 1 is 1.11 bits per heavy atom. The highest BCUT2D eigenvalue weighted by atomic mass is 32.1. The lowest BCUT2D eigenvalue weighted by Crippen LogP contribution is -2.31. The lowest BCUT2D eigenvalue weighted by molar-refractivity contribution is -0.117. The molecule has 1 aliphatic rings. The molecule has 0 spiro atoms. The number of ketones is 1. The minimum atomic E-state index is -1.03. The van der Waals surface area contributed by atoms with Crippen LogP contribution in [-0.4, -0.2) is 41.0 Å². The lowest BCUT2D eigenvalue weighted by atomic mass is 9.95. The van der Waals surface area contributed by atoms with E-state index in [0.29, 0.717) is 34.6 Å². The zero-order valence-electron chi connectivity index (χ0n) is 20.9. The average Bonchev–Trinajstić information content (AvgIpc) is 3.58. The predicted molar refractivity (Wildman–Crippen MR) is 141 cm³/mol. The van der Waals surface area contributed by atoms with Crippen LogP contribution < -0.4 is 9.64 Å². The van der Waals surface area contributed by atoms with Crippen molar-refractivity contribution in [3.05, 3.63) is 87.8 Å². The maximum atomic E-state index is 13.8. The quantitative estimate of drug-likeness (QED) is 0.232. The molecule has 0 saturated carbocycles. The molecule has 5 rings (SSSR count). The van der Waals surface area contributed by atoms with Gasteiger partial charge in [-0.15, -0.1) is 0 Å². The van der Waals surface area contributed by atoms with Crippen LogP contribution in [0.15, 0.2) is 70.3 Å². The highest BCUT2D eigenvalue weighted by Gasteiger charge is 2.47. The molecule has 1 aliphatic heterocycles. The summed E-state index contributed by atoms with van der Waals surface area (Å²) >= 11 is 0.956. The van der Waals surface area contributed by atoms with Crippen molar-refractivity contribution in [3.8, 4) is 5.75 Å². The summed E-state index contributed by atoms with van der Waals surface area (Å²) in [5.41, 5.74) is 1.27. The predicted octanol–water partition coefficient (Wildman–Crippen LogP) is 5.56. The van der Waals surface area contributed by atoms with E-state index < -0.39 is 29.5 Å². The summed E-state index contributed by atoms with van der Waals surface area (Å²) < 4.78 is 16.4. The molecule has 1 atom stereocenters. The first-order valence-electron chi connectivity index (χ1n) is 12.0. The number of anilines is 1. The molecule has 0 bridgehead atoms. The van der Waals surface area contributed by atoms with Crippen LogP contribution in [0.5, 0.6) is 5.75 Å². The highest BCUT2D eigenvalue weighted by Crippen LogP contribution is 2.44. The van der Waals surface area contributed by atoms with Crippen LogP contribution in [0, 0.1) is 6.92 Å². The summed E-state index contributed by atoms with van der Waals surface area (Å²) in [7, 11) is 0. The number of para-hydroxylation sites is 1. The van der Waals surface area contributed by atoms with E-state index >= 15 is 0 Å². The largest absolute Gasteiger partial charge is 0.503 e. The zero-order chi connectivity index (χ0) is 27.0. The number of Topliss-reactive ketones (excluding diaryl/α,β-unsaturated/α-hetero) is 1. The number of hydrogen-bond acceptors (Lipinski definition) is 9. The summed E-state index contributed by atoms with van der Waals surface area (Å²) in [5.74, 6) is -2.12. The number of ether oxygens (including phenoxy) is 2. The van der Waals surface area contributed by atoms with Gasteiger partial charge in [0.25, 0.3) is 5.91 Å². The van der Waals surface area contributed by atoms with E-state index in [2.05, 4.69) is 4.98 Å². The zero-order valence-corrected chi connectivity index (χ0v) is 21.7. The number of thiazole rings is 1. The summed E-state index contributed by atoms with van der Waals surface area (Å²) in [5, 5.41) is 11.9. The van der Waals surface area contributed by atoms with Crippen molar-refractivity contribution in [2.45, 2.75) is 26.8 Å². The van der Waals surface area contributed by atoms with Crippen molar-refractivity contribution in [1.29, 1.82) is 0 Å². The molecular weight excluding hydrogens is 508 g/mol. The van der Waals surface area contributed by atoms with Gasteiger partial charge in [-0.05, 0) is 50.6 Å². The second-order valence-electron chi connectivity index (χ2n) is 8.45. The standard InChI is InChI=1S/C28H24N2O7S/c1-4-35-18-12-10-16(11-13-18)22-21(23(31)20-14-17-8-6-7-9-19(17)37-20)24(32)26(33)30(22)28-29-15(3)25(38-28)27(34)36-5-2/h6-14,22,32H,4-5H2,1-3H3. The van der Waals surface area contributed by atoms with Crippen LogP contribution >= 0.6 is 11.3 Å². The van der Waals surface area contributed by atoms with Gasteiger partial charge in [0.2, 0.25) is 5.78 Å². The third-order valence-corrected chi connectivity index (χ3v) is 7.20. The third-order valence-electron chi connectivity index (χ3n) is 6.06. The number of furan rings is 1. The Hall–Kier alpha value is -4.44. The molecule has 3 heterocycles. The number of nitrogens with zero attached hydrogens (tertiary/aromatic N) is 2. The molecule has 1 N–H and O–H groups in total. The number of carbonyl (C=O) groups excluding carboxylic acids is 3. The first-order valence-corrected chi connectivity index (χ1v) is 12.8. The lowest BCUT2D eigenvalue weighted by Gasteiger charge is -2.24. The summed E-state index contributed by atoms with van der Waals surface area (Å²) in [6, 6.07) is 14.5. The minimum absolute atomic E-state index is 0.0131. The molecule has 10 heteroatoms. The first kappa shape index (κ1) is 25.2. The number of esters is 1. The molecule has 0 fully saturated rings. The molecule has 4 aromatic rings. The van der Waals surface area contributed by atoms with E-state index in [1.165, 1.54) is 4.90 Å². The van der Waals surface area contributed by atoms with Gasteiger partial charge in [-0.25, -0.2) is 9.78 Å². The Kier molecular flexibility index (Phi) is 6.73. The van der Waals surface area contributed by atoms with Gasteiger partial charge in [-0.3, -0.25) is 14.5 Å². The van der Waals surface area contributed by atoms with Crippen LogP contribution in [0.3, 0.4) is 0 Å². The molecular formula is C28H24N2O7S. The fourth-order valence-electron chi connectivity index (χ4n) is 4.36. The highest BCUT2D eigenvalue weighted by molar-refractivity contribution is 7.17. The maximum absolute atomic E-state index is 13.8. The van der Waals surface area contributed by atoms with E-state index in [1.54, 1.807) is 62.4 Å². The average molecular weight is 533 g/mol. The van der Waals surface area contributed by atoms with Gasteiger partial charge in [-0.2, -0.15) is 0 Å². The van der Waals surface area contributed by atoms with Crippen molar-refractivity contribution in [2.75, 3.05) is 18.1 Å². The smallest absolute Gasteiger partial charge is 0.350 e. The van der Waals surface area contributed by atoms with Gasteiger partial charge in [0.15, 0.2) is 16.7 Å². The maximum Gasteiger partial charge on any atom is 0.350 e. The number of fused-ring (bicyclic) bond motifs is 1. The number of aromatic nitrogens is 1. The Morgan fingerprint density at radius 3 is 2.53 bits per heavy atom. The number of aliphatic hydroxyl groups excluding tert-OH is 1. The molecule has 9 nitrogen and oxygen atoms in total. The number of carbonyl (C=O) groups is 3. The molecule has 194 valence electrons. The summed E-state index contributed by atoms with van der Waals surface area (Å²) in [6.45, 7) is 5.84. The molecule has 0 radical (unpaired) electrons. The van der Waals surface area contributed by atoms with E-state index in [4.69, 9.17) is 13.9 Å². The number of benzene rings is 2. The van der Waals surface area contributed by atoms with Gasteiger partial charge in [0.05, 0.1) is 30.5 Å². The van der Waals surface area contributed by atoms with E-state index in [0.717, 1.165) is 11.3 Å². The second kappa shape index (κ2) is 10.1. The van der Waals surface area contributed by atoms with Crippen molar-refractivity contribution >= 4 is 45.1 Å². The van der Waals surface area contributed by atoms with Crippen molar-refractivity contribution in [1.82, 2.24) is 4.98 Å². The molecule has 1 unspecified atom stereocenters.